The third-order valence-electron chi connectivity index (χ3n) is 4.92. The van der Waals surface area contributed by atoms with Gasteiger partial charge in [-0.05, 0) is 31.4 Å². The van der Waals surface area contributed by atoms with Crippen LogP contribution in [0, 0.1) is 0 Å². The van der Waals surface area contributed by atoms with Crippen LogP contribution < -0.4 is 10.1 Å². The molecule has 0 radical (unpaired) electrons. The number of unbranched alkanes of at least 4 members (excludes halogenated alkanes) is 8. The molecule has 1 amide bonds. The number of alkyl halides is 3. The molecule has 3 N–H and O–H groups in total. The highest BCUT2D eigenvalue weighted by atomic mass is 32.2. The van der Waals surface area contributed by atoms with Gasteiger partial charge in [0.05, 0.1) is 6.61 Å². The quantitative estimate of drug-likeness (QED) is 0.178. The number of aliphatic carboxylic acids is 1. The summed E-state index contributed by atoms with van der Waals surface area (Å²) < 4.78 is 63.6. The molecule has 1 aromatic rings. The van der Waals surface area contributed by atoms with Crippen molar-refractivity contribution in [1.82, 2.24) is 4.98 Å². The summed E-state index contributed by atoms with van der Waals surface area (Å²) in [6.45, 7) is -0.0385. The van der Waals surface area contributed by atoms with Crippen molar-refractivity contribution in [2.45, 2.75) is 83.2 Å². The van der Waals surface area contributed by atoms with E-state index in [1.807, 2.05) is 0 Å². The molecule has 0 aliphatic carbocycles. The molecular formula is C22H33F3N2O6S. The maximum atomic E-state index is 13.0. The predicted octanol–water partition coefficient (Wildman–Crippen LogP) is 5.41. The lowest BCUT2D eigenvalue weighted by Crippen LogP contribution is -2.16. The van der Waals surface area contributed by atoms with Crippen LogP contribution in [0.2, 0.25) is 0 Å². The van der Waals surface area contributed by atoms with Gasteiger partial charge in [0, 0.05) is 18.6 Å². The monoisotopic (exact) mass is 510 g/mol. The minimum absolute atomic E-state index is 0.0385. The summed E-state index contributed by atoms with van der Waals surface area (Å²) in [5, 5.41) is 11.0. The van der Waals surface area contributed by atoms with E-state index in [4.69, 9.17) is 14.4 Å². The van der Waals surface area contributed by atoms with Gasteiger partial charge in [0.1, 0.15) is 5.69 Å². The van der Waals surface area contributed by atoms with Crippen molar-refractivity contribution >= 4 is 28.8 Å². The van der Waals surface area contributed by atoms with Crippen LogP contribution in [-0.4, -0.2) is 43.1 Å². The van der Waals surface area contributed by atoms with Gasteiger partial charge < -0.3 is 19.7 Å². The van der Waals surface area contributed by atoms with Crippen LogP contribution in [0.25, 0.3) is 0 Å². The average Bonchev–Trinajstić information content (AvgIpc) is 2.74. The number of pyridine rings is 1. The Balaban J connectivity index is 2.38. The fourth-order valence-corrected chi connectivity index (χ4v) is 3.61. The first-order chi connectivity index (χ1) is 16.1. The number of carbonyl (C=O) groups is 2. The second-order valence-corrected chi connectivity index (χ2v) is 8.94. The van der Waals surface area contributed by atoms with Gasteiger partial charge in [-0.2, -0.15) is 13.2 Å². The Hall–Kier alpha value is -2.21. The van der Waals surface area contributed by atoms with Crippen molar-refractivity contribution in [2.24, 2.45) is 0 Å². The molecule has 0 spiro atoms. The minimum atomic E-state index is -4.68. The van der Waals surface area contributed by atoms with Crippen LogP contribution >= 0.6 is 0 Å². The van der Waals surface area contributed by atoms with Crippen LogP contribution in [0.4, 0.5) is 19.0 Å². The standard InChI is InChI=1S/C22H33F3N2O6S/c23-22(24,25)18-14-13-17(33-15-10-12-20(29)30)21(26-18)27-19(28)11-8-6-4-2-1-3-5-7-9-16-34(31)32/h13-14H,1-12,15-16H2,(H,29,30)(H,31,32)(H,26,27,28). The summed E-state index contributed by atoms with van der Waals surface area (Å²) in [7, 11) is 0. The summed E-state index contributed by atoms with van der Waals surface area (Å²) in [5.74, 6) is -1.55. The fraction of sp³-hybridized carbons (Fsp3) is 0.682. The largest absolute Gasteiger partial charge is 0.490 e. The molecule has 0 aliphatic heterocycles. The molecule has 1 atom stereocenters. The highest BCUT2D eigenvalue weighted by molar-refractivity contribution is 7.79. The molecule has 0 aromatic carbocycles. The van der Waals surface area contributed by atoms with E-state index in [1.54, 1.807) is 0 Å². The molecule has 0 aliphatic rings. The zero-order chi connectivity index (χ0) is 25.4. The Labute approximate surface area is 200 Å². The number of carbonyl (C=O) groups excluding carboxylic acids is 1. The lowest BCUT2D eigenvalue weighted by atomic mass is 10.1. The van der Waals surface area contributed by atoms with Crippen LogP contribution in [-0.2, 0) is 26.8 Å². The Bertz CT molecular complexity index is 792. The molecular weight excluding hydrogens is 477 g/mol. The lowest BCUT2D eigenvalue weighted by molar-refractivity contribution is -0.141. The zero-order valence-electron chi connectivity index (χ0n) is 19.1. The molecule has 1 heterocycles. The number of halogens is 3. The Morgan fingerprint density at radius 2 is 1.53 bits per heavy atom. The van der Waals surface area contributed by atoms with Gasteiger partial charge in [0.25, 0.3) is 0 Å². The molecule has 0 saturated heterocycles. The first kappa shape index (κ1) is 29.8. The molecule has 8 nitrogen and oxygen atoms in total. The number of hydrogen-bond acceptors (Lipinski definition) is 5. The summed E-state index contributed by atoms with van der Waals surface area (Å²) in [5.41, 5.74) is -1.16. The van der Waals surface area contributed by atoms with E-state index in [2.05, 4.69) is 10.3 Å². The first-order valence-corrected chi connectivity index (χ1v) is 12.7. The summed E-state index contributed by atoms with van der Waals surface area (Å²) in [6, 6.07) is 1.81. The molecule has 1 unspecified atom stereocenters. The zero-order valence-corrected chi connectivity index (χ0v) is 19.9. The van der Waals surface area contributed by atoms with E-state index < -0.39 is 34.8 Å². The van der Waals surface area contributed by atoms with Gasteiger partial charge in [-0.3, -0.25) is 9.59 Å². The number of carboxylic acid groups (broad SMARTS) is 1. The molecule has 34 heavy (non-hydrogen) atoms. The van der Waals surface area contributed by atoms with E-state index in [9.17, 15) is 27.0 Å². The number of amides is 1. The van der Waals surface area contributed by atoms with Gasteiger partial charge >= 0.3 is 12.1 Å². The number of rotatable bonds is 18. The number of nitrogens with one attached hydrogen (secondary N) is 1. The van der Waals surface area contributed by atoms with Crippen molar-refractivity contribution < 1.29 is 41.4 Å². The average molecular weight is 511 g/mol. The van der Waals surface area contributed by atoms with E-state index in [0.717, 1.165) is 63.5 Å². The molecule has 0 fully saturated rings. The number of ether oxygens (including phenoxy) is 1. The lowest BCUT2D eigenvalue weighted by Gasteiger charge is -2.14. The highest BCUT2D eigenvalue weighted by Gasteiger charge is 2.33. The molecule has 194 valence electrons. The van der Waals surface area contributed by atoms with Crippen molar-refractivity contribution in [3.8, 4) is 5.75 Å². The number of nitrogens with zero attached hydrogens (tertiary/aromatic N) is 1. The molecule has 0 saturated carbocycles. The number of anilines is 1. The van der Waals surface area contributed by atoms with Gasteiger partial charge in [-0.1, -0.05) is 44.9 Å². The van der Waals surface area contributed by atoms with Crippen LogP contribution in [0.5, 0.6) is 5.75 Å². The van der Waals surface area contributed by atoms with E-state index in [0.29, 0.717) is 12.2 Å². The van der Waals surface area contributed by atoms with Gasteiger partial charge in [0.2, 0.25) is 5.91 Å². The summed E-state index contributed by atoms with van der Waals surface area (Å²) in [4.78, 5) is 26.3. The summed E-state index contributed by atoms with van der Waals surface area (Å²) >= 11 is -1.72. The highest BCUT2D eigenvalue weighted by Crippen LogP contribution is 2.32. The molecule has 1 rings (SSSR count). The van der Waals surface area contributed by atoms with E-state index >= 15 is 0 Å². The van der Waals surface area contributed by atoms with Crippen LogP contribution in [0.1, 0.15) is 82.7 Å². The van der Waals surface area contributed by atoms with Crippen molar-refractivity contribution in [3.63, 3.8) is 0 Å². The van der Waals surface area contributed by atoms with Gasteiger partial charge in [-0.15, -0.1) is 0 Å². The number of hydrogen-bond donors (Lipinski definition) is 3. The van der Waals surface area contributed by atoms with Crippen LogP contribution in [0.15, 0.2) is 12.1 Å². The van der Waals surface area contributed by atoms with Gasteiger partial charge in [0.15, 0.2) is 22.6 Å². The summed E-state index contributed by atoms with van der Waals surface area (Å²) in [6.07, 6.45) is 3.60. The molecule has 1 aromatic heterocycles. The second kappa shape index (κ2) is 16.4. The van der Waals surface area contributed by atoms with Gasteiger partial charge in [-0.25, -0.2) is 9.19 Å². The van der Waals surface area contributed by atoms with Crippen molar-refractivity contribution in [3.05, 3.63) is 17.8 Å². The van der Waals surface area contributed by atoms with Crippen LogP contribution in [0.3, 0.4) is 0 Å². The number of aromatic nitrogens is 1. The third kappa shape index (κ3) is 14.1. The smallest absolute Gasteiger partial charge is 0.433 e. The Kier molecular flexibility index (Phi) is 14.4. The SMILES string of the molecule is O=C(O)CCCOc1ccc(C(F)(F)F)nc1NC(=O)CCCCCCCCCCCS(=O)O. The maximum Gasteiger partial charge on any atom is 0.433 e. The van der Waals surface area contributed by atoms with E-state index in [-0.39, 0.29) is 37.4 Å². The topological polar surface area (TPSA) is 126 Å². The van der Waals surface area contributed by atoms with Crippen molar-refractivity contribution in [2.75, 3.05) is 17.7 Å². The van der Waals surface area contributed by atoms with E-state index in [1.165, 1.54) is 0 Å². The third-order valence-corrected chi connectivity index (χ3v) is 5.56. The normalized spacial score (nSPS) is 12.4. The molecule has 12 heteroatoms. The second-order valence-electron chi connectivity index (χ2n) is 7.89. The number of carboxylic acids is 1. The minimum Gasteiger partial charge on any atom is -0.490 e. The predicted molar refractivity (Wildman–Crippen MR) is 122 cm³/mol. The van der Waals surface area contributed by atoms with Crippen molar-refractivity contribution in [1.29, 1.82) is 0 Å². The Morgan fingerprint density at radius 3 is 2.09 bits per heavy atom. The Morgan fingerprint density at radius 1 is 0.941 bits per heavy atom. The fourth-order valence-electron chi connectivity index (χ4n) is 3.16. The molecule has 0 bridgehead atoms. The first-order valence-electron chi connectivity index (χ1n) is 11.4. The maximum absolute atomic E-state index is 13.0.